The van der Waals surface area contributed by atoms with Gasteiger partial charge in [-0.2, -0.15) is 0 Å². The van der Waals surface area contributed by atoms with Gasteiger partial charge in [-0.1, -0.05) is 43.2 Å². The van der Waals surface area contributed by atoms with Gasteiger partial charge in [0.2, 0.25) is 11.8 Å². The summed E-state index contributed by atoms with van der Waals surface area (Å²) in [7, 11) is 4.20. The highest BCUT2D eigenvalue weighted by atomic mass is 16.2. The minimum absolute atomic E-state index is 0.0111. The normalized spacial score (nSPS) is 22.0. The number of hydrogen-bond donors (Lipinski definition) is 1. The molecule has 0 bridgehead atoms. The molecule has 1 unspecified atom stereocenters. The van der Waals surface area contributed by atoms with Crippen molar-refractivity contribution >= 4 is 11.8 Å². The summed E-state index contributed by atoms with van der Waals surface area (Å²) < 4.78 is 0. The van der Waals surface area contributed by atoms with Crippen LogP contribution in [-0.2, 0) is 16.0 Å². The number of nitrogens with zero attached hydrogens (tertiary/aromatic N) is 2. The molecule has 5 nitrogen and oxygen atoms in total. The predicted octanol–water partition coefficient (Wildman–Crippen LogP) is 2.21. The molecule has 26 heavy (non-hydrogen) atoms. The maximum Gasteiger partial charge on any atom is 0.242 e. The van der Waals surface area contributed by atoms with Crippen LogP contribution in [0.2, 0.25) is 0 Å². The molecular weight excluding hydrogens is 326 g/mol. The summed E-state index contributed by atoms with van der Waals surface area (Å²) in [6, 6.07) is 9.45. The molecule has 1 atom stereocenters. The average molecular weight is 357 g/mol. The first-order chi connectivity index (χ1) is 12.5. The van der Waals surface area contributed by atoms with Crippen LogP contribution in [0, 0.1) is 0 Å². The molecule has 2 aliphatic rings. The van der Waals surface area contributed by atoms with Crippen molar-refractivity contribution < 1.29 is 9.59 Å². The number of likely N-dealkylation sites (N-methyl/N-ethyl adjacent to an activating group) is 1. The van der Waals surface area contributed by atoms with E-state index in [1.165, 1.54) is 12.8 Å². The van der Waals surface area contributed by atoms with Crippen molar-refractivity contribution in [3.8, 4) is 0 Å². The number of hydrogen-bond acceptors (Lipinski definition) is 3. The fraction of sp³-hybridized carbons (Fsp3) is 0.619. The van der Waals surface area contributed by atoms with E-state index >= 15 is 0 Å². The topological polar surface area (TPSA) is 52.7 Å². The van der Waals surface area contributed by atoms with Crippen LogP contribution in [0.15, 0.2) is 30.3 Å². The van der Waals surface area contributed by atoms with Gasteiger partial charge in [-0.3, -0.25) is 9.59 Å². The van der Waals surface area contributed by atoms with Gasteiger partial charge >= 0.3 is 0 Å². The van der Waals surface area contributed by atoms with Crippen molar-refractivity contribution in [1.82, 2.24) is 15.1 Å². The minimum atomic E-state index is -0.313. The van der Waals surface area contributed by atoms with Crippen LogP contribution in [0.4, 0.5) is 0 Å². The van der Waals surface area contributed by atoms with E-state index in [9.17, 15) is 9.59 Å². The van der Waals surface area contributed by atoms with Crippen LogP contribution in [0.5, 0.6) is 0 Å². The number of rotatable bonds is 6. The van der Waals surface area contributed by atoms with Gasteiger partial charge in [0.05, 0.1) is 6.42 Å². The highest BCUT2D eigenvalue weighted by Gasteiger charge is 2.38. The molecule has 1 aromatic carbocycles. The summed E-state index contributed by atoms with van der Waals surface area (Å²) in [6.45, 7) is 1.36. The second-order valence-corrected chi connectivity index (χ2v) is 7.95. The molecule has 1 saturated carbocycles. The summed E-state index contributed by atoms with van der Waals surface area (Å²) in [4.78, 5) is 29.5. The zero-order valence-corrected chi connectivity index (χ0v) is 16.0. The molecule has 0 aromatic heterocycles. The SMILES string of the molecule is CN(C)C1(CNC(=O)C2CCCN2C(=O)Cc2ccccc2)CCCC1. The third kappa shape index (κ3) is 4.09. The average Bonchev–Trinajstić information content (AvgIpc) is 3.31. The molecule has 0 radical (unpaired) electrons. The van der Waals surface area contributed by atoms with Crippen LogP contribution >= 0.6 is 0 Å². The minimum Gasteiger partial charge on any atom is -0.352 e. The lowest BCUT2D eigenvalue weighted by molar-refractivity contribution is -0.138. The Hall–Kier alpha value is -1.88. The maximum atomic E-state index is 12.8. The summed E-state index contributed by atoms with van der Waals surface area (Å²) >= 11 is 0. The number of carbonyl (C=O) groups is 2. The fourth-order valence-electron chi connectivity index (χ4n) is 4.39. The van der Waals surface area contributed by atoms with Crippen molar-refractivity contribution in [2.24, 2.45) is 0 Å². The molecule has 1 aliphatic heterocycles. The Morgan fingerprint density at radius 3 is 2.50 bits per heavy atom. The molecule has 1 aromatic rings. The second kappa shape index (κ2) is 8.21. The first-order valence-corrected chi connectivity index (χ1v) is 9.80. The molecule has 1 aliphatic carbocycles. The first kappa shape index (κ1) is 18.9. The molecule has 142 valence electrons. The van der Waals surface area contributed by atoms with Crippen LogP contribution in [0.3, 0.4) is 0 Å². The Labute approximate surface area is 156 Å². The van der Waals surface area contributed by atoms with Gasteiger partial charge < -0.3 is 15.1 Å². The Bertz CT molecular complexity index is 623. The smallest absolute Gasteiger partial charge is 0.242 e. The van der Waals surface area contributed by atoms with Gasteiger partial charge in [-0.25, -0.2) is 0 Å². The van der Waals surface area contributed by atoms with E-state index in [0.29, 0.717) is 19.5 Å². The molecule has 2 amide bonds. The van der Waals surface area contributed by atoms with E-state index in [0.717, 1.165) is 31.2 Å². The monoisotopic (exact) mass is 357 g/mol. The van der Waals surface area contributed by atoms with Crippen molar-refractivity contribution in [3.05, 3.63) is 35.9 Å². The van der Waals surface area contributed by atoms with Gasteiger partial charge in [0, 0.05) is 18.6 Å². The molecular formula is C21H31N3O2. The van der Waals surface area contributed by atoms with Gasteiger partial charge in [0.1, 0.15) is 6.04 Å². The number of carbonyl (C=O) groups excluding carboxylic acids is 2. The van der Waals surface area contributed by atoms with E-state index in [2.05, 4.69) is 24.3 Å². The largest absolute Gasteiger partial charge is 0.352 e. The Morgan fingerprint density at radius 1 is 1.15 bits per heavy atom. The third-order valence-corrected chi connectivity index (χ3v) is 6.15. The van der Waals surface area contributed by atoms with E-state index in [1.54, 1.807) is 4.90 Å². The van der Waals surface area contributed by atoms with Crippen LogP contribution in [-0.4, -0.2) is 60.4 Å². The highest BCUT2D eigenvalue weighted by molar-refractivity contribution is 5.89. The molecule has 0 spiro atoms. The zero-order chi connectivity index (χ0) is 18.6. The van der Waals surface area contributed by atoms with E-state index in [1.807, 2.05) is 30.3 Å². The van der Waals surface area contributed by atoms with Crippen molar-refractivity contribution in [2.75, 3.05) is 27.2 Å². The maximum absolute atomic E-state index is 12.8. The van der Waals surface area contributed by atoms with Crippen molar-refractivity contribution in [3.63, 3.8) is 0 Å². The Balaban J connectivity index is 1.58. The molecule has 1 saturated heterocycles. The number of likely N-dealkylation sites (tertiary alicyclic amines) is 1. The number of nitrogens with one attached hydrogen (secondary N) is 1. The van der Waals surface area contributed by atoms with Gasteiger partial charge in [-0.15, -0.1) is 0 Å². The lowest BCUT2D eigenvalue weighted by atomic mass is 9.96. The lowest BCUT2D eigenvalue weighted by Gasteiger charge is -2.37. The number of amides is 2. The molecule has 5 heteroatoms. The molecule has 3 rings (SSSR count). The Kier molecular flexibility index (Phi) is 5.97. The van der Waals surface area contributed by atoms with Gasteiger partial charge in [-0.05, 0) is 45.3 Å². The van der Waals surface area contributed by atoms with E-state index in [4.69, 9.17) is 0 Å². The zero-order valence-electron chi connectivity index (χ0n) is 16.0. The number of benzene rings is 1. The van der Waals surface area contributed by atoms with Crippen LogP contribution in [0.1, 0.15) is 44.1 Å². The van der Waals surface area contributed by atoms with Crippen LogP contribution in [0.25, 0.3) is 0 Å². The van der Waals surface area contributed by atoms with Gasteiger partial charge in [0.25, 0.3) is 0 Å². The van der Waals surface area contributed by atoms with Crippen molar-refractivity contribution in [1.29, 1.82) is 0 Å². The van der Waals surface area contributed by atoms with E-state index < -0.39 is 0 Å². The predicted molar refractivity (Wildman–Crippen MR) is 103 cm³/mol. The summed E-state index contributed by atoms with van der Waals surface area (Å²) in [6.07, 6.45) is 6.73. The quantitative estimate of drug-likeness (QED) is 0.849. The van der Waals surface area contributed by atoms with Gasteiger partial charge in [0.15, 0.2) is 0 Å². The Morgan fingerprint density at radius 2 is 1.85 bits per heavy atom. The van der Waals surface area contributed by atoms with E-state index in [-0.39, 0.29) is 23.4 Å². The summed E-state index contributed by atoms with van der Waals surface area (Å²) in [5.41, 5.74) is 1.08. The van der Waals surface area contributed by atoms with Crippen LogP contribution < -0.4 is 5.32 Å². The van der Waals surface area contributed by atoms with Crippen molar-refractivity contribution in [2.45, 2.75) is 56.5 Å². The standard InChI is InChI=1S/C21H31N3O2/c1-23(2)21(12-6-7-13-21)16-22-20(26)18-11-8-14-24(18)19(25)15-17-9-4-3-5-10-17/h3-5,9-10,18H,6-8,11-16H2,1-2H3,(H,22,26). The fourth-order valence-corrected chi connectivity index (χ4v) is 4.39. The highest BCUT2D eigenvalue weighted by Crippen LogP contribution is 2.33. The second-order valence-electron chi connectivity index (χ2n) is 7.95. The summed E-state index contributed by atoms with van der Waals surface area (Å²) in [5.74, 6) is 0.0640. The third-order valence-electron chi connectivity index (χ3n) is 6.15. The molecule has 2 fully saturated rings. The molecule has 1 heterocycles. The first-order valence-electron chi connectivity index (χ1n) is 9.80. The molecule has 1 N–H and O–H groups in total. The summed E-state index contributed by atoms with van der Waals surface area (Å²) in [5, 5.41) is 3.16. The lowest BCUT2D eigenvalue weighted by Crippen LogP contribution is -2.54.